The van der Waals surface area contributed by atoms with Crippen LogP contribution in [0.3, 0.4) is 0 Å². The van der Waals surface area contributed by atoms with Gasteiger partial charge >= 0.3 is 12.0 Å². The van der Waals surface area contributed by atoms with Gasteiger partial charge in [0.25, 0.3) is 0 Å². The molecule has 0 spiro atoms. The summed E-state index contributed by atoms with van der Waals surface area (Å²) in [5.74, 6) is 0.732. The molecular weight excluding hydrogens is 386 g/mol. The van der Waals surface area contributed by atoms with Crippen molar-refractivity contribution in [3.63, 3.8) is 0 Å². The molecule has 3 rings (SSSR count). The fourth-order valence-electron chi connectivity index (χ4n) is 4.03. The van der Waals surface area contributed by atoms with E-state index in [0.29, 0.717) is 34.9 Å². The van der Waals surface area contributed by atoms with Crippen LogP contribution in [-0.4, -0.2) is 69.3 Å². The van der Waals surface area contributed by atoms with Crippen LogP contribution in [0.1, 0.15) is 37.8 Å². The van der Waals surface area contributed by atoms with Gasteiger partial charge in [-0.1, -0.05) is 6.42 Å². The number of nitrogens with one attached hydrogen (secondary N) is 1. The van der Waals surface area contributed by atoms with E-state index in [-0.39, 0.29) is 12.6 Å². The molecule has 1 atom stereocenters. The first-order chi connectivity index (χ1) is 14.5. The standard InChI is InChI=1S/C22H31N3O5/c1-5-30-21(26)19-17(14-25-11-7-6-8-12-25)24(2)22(27)23-20(19)16-13-15(28-3)9-10-18(16)29-4/h9-10,13,20H,5-8,11-12,14H2,1-4H3,(H,23,27)/t20-/m1/s1. The van der Waals surface area contributed by atoms with Gasteiger partial charge in [0, 0.05) is 24.9 Å². The highest BCUT2D eigenvalue weighted by Gasteiger charge is 2.38. The molecule has 0 aromatic heterocycles. The number of benzene rings is 1. The average molecular weight is 418 g/mol. The summed E-state index contributed by atoms with van der Waals surface area (Å²) in [6.45, 7) is 4.43. The first-order valence-corrected chi connectivity index (χ1v) is 10.4. The molecule has 2 heterocycles. The van der Waals surface area contributed by atoms with Gasteiger partial charge < -0.3 is 19.5 Å². The lowest BCUT2D eigenvalue weighted by Gasteiger charge is -2.38. The highest BCUT2D eigenvalue weighted by Crippen LogP contribution is 2.37. The molecule has 0 aliphatic carbocycles. The zero-order valence-electron chi connectivity index (χ0n) is 18.2. The van der Waals surface area contributed by atoms with Crippen molar-refractivity contribution >= 4 is 12.0 Å². The van der Waals surface area contributed by atoms with Gasteiger partial charge in [-0.3, -0.25) is 9.80 Å². The van der Waals surface area contributed by atoms with Gasteiger partial charge in [-0.2, -0.15) is 0 Å². The minimum absolute atomic E-state index is 0.249. The van der Waals surface area contributed by atoms with Gasteiger partial charge in [-0.05, 0) is 51.1 Å². The van der Waals surface area contributed by atoms with Crippen molar-refractivity contribution in [2.45, 2.75) is 32.2 Å². The first-order valence-electron chi connectivity index (χ1n) is 10.4. The van der Waals surface area contributed by atoms with Crippen molar-refractivity contribution < 1.29 is 23.8 Å². The van der Waals surface area contributed by atoms with Gasteiger partial charge in [0.2, 0.25) is 0 Å². The van der Waals surface area contributed by atoms with Crippen LogP contribution in [0.5, 0.6) is 11.5 Å². The third-order valence-electron chi connectivity index (χ3n) is 5.64. The van der Waals surface area contributed by atoms with E-state index in [4.69, 9.17) is 14.2 Å². The lowest BCUT2D eigenvalue weighted by atomic mass is 9.93. The minimum Gasteiger partial charge on any atom is -0.497 e. The smallest absolute Gasteiger partial charge is 0.338 e. The maximum absolute atomic E-state index is 13.1. The van der Waals surface area contributed by atoms with Crippen molar-refractivity contribution in [2.24, 2.45) is 0 Å². The Morgan fingerprint density at radius 3 is 2.53 bits per heavy atom. The van der Waals surface area contributed by atoms with Crippen molar-refractivity contribution in [3.05, 3.63) is 35.0 Å². The largest absolute Gasteiger partial charge is 0.497 e. The van der Waals surface area contributed by atoms with Crippen molar-refractivity contribution in [1.82, 2.24) is 15.1 Å². The maximum Gasteiger partial charge on any atom is 0.338 e. The van der Waals surface area contributed by atoms with Crippen molar-refractivity contribution in [3.8, 4) is 11.5 Å². The van der Waals surface area contributed by atoms with E-state index in [2.05, 4.69) is 10.2 Å². The SMILES string of the molecule is CCOC(=O)C1=C(CN2CCCCC2)N(C)C(=O)N[C@@H]1c1cc(OC)ccc1OC. The van der Waals surface area contributed by atoms with Crippen LogP contribution in [-0.2, 0) is 9.53 Å². The van der Waals surface area contributed by atoms with E-state index in [9.17, 15) is 9.59 Å². The zero-order valence-corrected chi connectivity index (χ0v) is 18.2. The Morgan fingerprint density at radius 1 is 1.17 bits per heavy atom. The molecule has 1 N–H and O–H groups in total. The van der Waals surface area contributed by atoms with E-state index in [1.807, 2.05) is 0 Å². The molecule has 164 valence electrons. The van der Waals surface area contributed by atoms with Crippen molar-refractivity contribution in [2.75, 3.05) is 47.5 Å². The number of piperidine rings is 1. The van der Waals surface area contributed by atoms with Crippen LogP contribution in [0.4, 0.5) is 4.79 Å². The molecular formula is C22H31N3O5. The number of rotatable bonds is 7. The van der Waals surface area contributed by atoms with Crippen LogP contribution in [0.15, 0.2) is 29.5 Å². The molecule has 1 saturated heterocycles. The van der Waals surface area contributed by atoms with E-state index in [0.717, 1.165) is 25.9 Å². The number of nitrogens with zero attached hydrogens (tertiary/aromatic N) is 2. The Morgan fingerprint density at radius 2 is 1.90 bits per heavy atom. The van der Waals surface area contributed by atoms with Gasteiger partial charge in [0.1, 0.15) is 11.5 Å². The van der Waals surface area contributed by atoms with Crippen LogP contribution >= 0.6 is 0 Å². The second kappa shape index (κ2) is 9.84. The average Bonchev–Trinajstić information content (AvgIpc) is 2.77. The predicted octanol–water partition coefficient (Wildman–Crippen LogP) is 2.70. The second-order valence-corrected chi connectivity index (χ2v) is 7.47. The number of methoxy groups -OCH3 is 2. The highest BCUT2D eigenvalue weighted by atomic mass is 16.5. The summed E-state index contributed by atoms with van der Waals surface area (Å²) in [6, 6.07) is 4.36. The van der Waals surface area contributed by atoms with Gasteiger partial charge in [0.05, 0.1) is 32.4 Å². The lowest BCUT2D eigenvalue weighted by molar-refractivity contribution is -0.139. The fourth-order valence-corrected chi connectivity index (χ4v) is 4.03. The van der Waals surface area contributed by atoms with Crippen molar-refractivity contribution in [1.29, 1.82) is 0 Å². The molecule has 2 aliphatic heterocycles. The molecule has 1 fully saturated rings. The number of likely N-dealkylation sites (N-methyl/N-ethyl adjacent to an activating group) is 1. The Hall–Kier alpha value is -2.74. The van der Waals surface area contributed by atoms with E-state index >= 15 is 0 Å². The second-order valence-electron chi connectivity index (χ2n) is 7.47. The number of carbonyl (C=O) groups excluding carboxylic acids is 2. The topological polar surface area (TPSA) is 80.3 Å². The summed E-state index contributed by atoms with van der Waals surface area (Å²) in [5.41, 5.74) is 1.74. The summed E-state index contributed by atoms with van der Waals surface area (Å²) in [4.78, 5) is 29.7. The molecule has 8 nitrogen and oxygen atoms in total. The molecule has 0 radical (unpaired) electrons. The zero-order chi connectivity index (χ0) is 21.7. The molecule has 2 amide bonds. The minimum atomic E-state index is -0.697. The highest BCUT2D eigenvalue weighted by molar-refractivity contribution is 5.95. The number of hydrogen-bond donors (Lipinski definition) is 1. The first kappa shape index (κ1) is 22.0. The lowest BCUT2D eigenvalue weighted by Crippen LogP contribution is -2.49. The van der Waals surface area contributed by atoms with Gasteiger partial charge in [0.15, 0.2) is 0 Å². The van der Waals surface area contributed by atoms with Crippen LogP contribution in [0, 0.1) is 0 Å². The Balaban J connectivity index is 2.12. The number of esters is 1. The quantitative estimate of drug-likeness (QED) is 0.687. The van der Waals surface area contributed by atoms with Crippen LogP contribution in [0.2, 0.25) is 0 Å². The summed E-state index contributed by atoms with van der Waals surface area (Å²) in [5, 5.41) is 2.94. The number of urea groups is 1. The molecule has 30 heavy (non-hydrogen) atoms. The third kappa shape index (κ3) is 4.53. The van der Waals surface area contributed by atoms with Crippen LogP contribution in [0.25, 0.3) is 0 Å². The number of hydrogen-bond acceptors (Lipinski definition) is 6. The van der Waals surface area contributed by atoms with Crippen LogP contribution < -0.4 is 14.8 Å². The maximum atomic E-state index is 13.1. The van der Waals surface area contributed by atoms with E-state index in [1.165, 1.54) is 11.3 Å². The molecule has 2 aliphatic rings. The molecule has 1 aromatic carbocycles. The number of ether oxygens (including phenoxy) is 3. The molecule has 1 aromatic rings. The van der Waals surface area contributed by atoms with E-state index in [1.54, 1.807) is 46.4 Å². The van der Waals surface area contributed by atoms with Gasteiger partial charge in [-0.15, -0.1) is 0 Å². The predicted molar refractivity (Wildman–Crippen MR) is 113 cm³/mol. The summed E-state index contributed by atoms with van der Waals surface area (Å²) >= 11 is 0. The summed E-state index contributed by atoms with van der Waals surface area (Å²) < 4.78 is 16.3. The third-order valence-corrected chi connectivity index (χ3v) is 5.64. The Bertz CT molecular complexity index is 817. The number of likely N-dealkylation sites (tertiary alicyclic amines) is 1. The molecule has 0 bridgehead atoms. The summed E-state index contributed by atoms with van der Waals surface area (Å²) in [7, 11) is 4.82. The van der Waals surface area contributed by atoms with Gasteiger partial charge in [-0.25, -0.2) is 9.59 Å². The number of carbonyl (C=O) groups is 2. The fraction of sp³-hybridized carbons (Fsp3) is 0.545. The Labute approximate surface area is 177 Å². The molecule has 0 saturated carbocycles. The Kier molecular flexibility index (Phi) is 7.20. The molecule has 8 heteroatoms. The monoisotopic (exact) mass is 417 g/mol. The molecule has 0 unspecified atom stereocenters. The van der Waals surface area contributed by atoms with E-state index < -0.39 is 12.0 Å². The summed E-state index contributed by atoms with van der Waals surface area (Å²) in [6.07, 6.45) is 3.44. The number of amides is 2. The normalized spacial score (nSPS) is 20.1.